The van der Waals surface area contributed by atoms with Crippen LogP contribution in [-0.4, -0.2) is 62.0 Å². The van der Waals surface area contributed by atoms with Gasteiger partial charge in [-0.15, -0.1) is 0 Å². The second kappa shape index (κ2) is 10.4. The molecule has 6 nitrogen and oxygen atoms in total. The summed E-state index contributed by atoms with van der Waals surface area (Å²) in [4.78, 5) is 31.9. The van der Waals surface area contributed by atoms with Crippen molar-refractivity contribution >= 4 is 23.2 Å². The normalized spacial score (nSPS) is 20.2. The number of carbonyl (C=O) groups excluding carboxylic acids is 2. The third-order valence-corrected chi connectivity index (χ3v) is 6.85. The zero-order valence-corrected chi connectivity index (χ0v) is 20.1. The summed E-state index contributed by atoms with van der Waals surface area (Å²) in [6.07, 6.45) is 1.20. The van der Waals surface area contributed by atoms with Crippen LogP contribution in [0, 0.1) is 19.8 Å². The molecule has 1 N–H and O–H groups in total. The van der Waals surface area contributed by atoms with E-state index in [0.29, 0.717) is 6.54 Å². The predicted octanol–water partition coefficient (Wildman–Crippen LogP) is 3.37. The second-order valence-electron chi connectivity index (χ2n) is 9.61. The molecule has 0 aliphatic carbocycles. The van der Waals surface area contributed by atoms with E-state index in [1.807, 2.05) is 31.2 Å². The van der Waals surface area contributed by atoms with Crippen LogP contribution in [0.25, 0.3) is 0 Å². The molecule has 2 aromatic rings. The third kappa shape index (κ3) is 5.93. The van der Waals surface area contributed by atoms with Crippen LogP contribution in [0.2, 0.25) is 0 Å². The van der Waals surface area contributed by atoms with Crippen LogP contribution in [0.15, 0.2) is 48.5 Å². The Balaban J connectivity index is 1.19. The number of piperazine rings is 1. The number of amides is 2. The maximum Gasteiger partial charge on any atom is 0.227 e. The van der Waals surface area contributed by atoms with Crippen LogP contribution >= 0.6 is 0 Å². The highest BCUT2D eigenvalue weighted by Gasteiger charge is 2.35. The Bertz CT molecular complexity index is 966. The van der Waals surface area contributed by atoms with Crippen molar-refractivity contribution in [3.05, 3.63) is 59.7 Å². The van der Waals surface area contributed by atoms with Crippen LogP contribution in [0.1, 0.15) is 30.9 Å². The molecule has 0 spiro atoms. The minimum Gasteiger partial charge on any atom is -0.369 e. The highest BCUT2D eigenvalue weighted by atomic mass is 16.2. The zero-order chi connectivity index (χ0) is 23.4. The van der Waals surface area contributed by atoms with Crippen LogP contribution in [0.3, 0.4) is 0 Å². The Morgan fingerprint density at radius 1 is 1.00 bits per heavy atom. The number of aryl methyl sites for hydroxylation is 2. The molecule has 2 aliphatic rings. The summed E-state index contributed by atoms with van der Waals surface area (Å²) in [7, 11) is 0. The van der Waals surface area contributed by atoms with Gasteiger partial charge in [0.15, 0.2) is 0 Å². The number of carbonyl (C=O) groups is 2. The molecule has 2 aliphatic heterocycles. The quantitative estimate of drug-likeness (QED) is 0.706. The van der Waals surface area contributed by atoms with Gasteiger partial charge in [-0.25, -0.2) is 0 Å². The second-order valence-corrected chi connectivity index (χ2v) is 9.61. The molecule has 2 fully saturated rings. The molecule has 2 amide bonds. The van der Waals surface area contributed by atoms with E-state index in [1.54, 1.807) is 4.90 Å². The maximum atomic E-state index is 12.8. The van der Waals surface area contributed by atoms with Gasteiger partial charge < -0.3 is 15.1 Å². The van der Waals surface area contributed by atoms with Crippen molar-refractivity contribution in [3.63, 3.8) is 0 Å². The van der Waals surface area contributed by atoms with Gasteiger partial charge in [0.2, 0.25) is 11.8 Å². The van der Waals surface area contributed by atoms with E-state index in [2.05, 4.69) is 53.2 Å². The van der Waals surface area contributed by atoms with Crippen molar-refractivity contribution in [2.45, 2.75) is 39.7 Å². The van der Waals surface area contributed by atoms with Crippen LogP contribution in [0.5, 0.6) is 0 Å². The van der Waals surface area contributed by atoms with Gasteiger partial charge in [-0.1, -0.05) is 29.8 Å². The van der Waals surface area contributed by atoms with E-state index in [4.69, 9.17) is 0 Å². The molecule has 0 aromatic heterocycles. The monoisotopic (exact) mass is 448 g/mol. The van der Waals surface area contributed by atoms with Crippen molar-refractivity contribution in [1.29, 1.82) is 0 Å². The standard InChI is InChI=1S/C27H36N4O2/c1-20-7-9-24(10-8-20)31-19-23(18-26(31)32)27(33)28-22(3)11-12-29-13-15-30(16-14-29)25-6-4-5-21(2)17-25/h4-10,17,22-23H,11-16,18-19H2,1-3H3,(H,28,33). The van der Waals surface area contributed by atoms with Crippen LogP contribution in [-0.2, 0) is 9.59 Å². The average molecular weight is 449 g/mol. The van der Waals surface area contributed by atoms with Crippen molar-refractivity contribution < 1.29 is 9.59 Å². The van der Waals surface area contributed by atoms with Gasteiger partial charge in [-0.05, 0) is 57.0 Å². The average Bonchev–Trinajstić information content (AvgIpc) is 3.20. The summed E-state index contributed by atoms with van der Waals surface area (Å²) in [6, 6.07) is 16.7. The van der Waals surface area contributed by atoms with Crippen molar-refractivity contribution in [1.82, 2.24) is 10.2 Å². The fraction of sp³-hybridized carbons (Fsp3) is 0.481. The lowest BCUT2D eigenvalue weighted by molar-refractivity contribution is -0.126. The molecule has 0 bridgehead atoms. The predicted molar refractivity (Wildman–Crippen MR) is 134 cm³/mol. The van der Waals surface area contributed by atoms with Gasteiger partial charge in [-0.3, -0.25) is 14.5 Å². The first-order chi connectivity index (χ1) is 15.9. The fourth-order valence-corrected chi connectivity index (χ4v) is 4.72. The smallest absolute Gasteiger partial charge is 0.227 e. The topological polar surface area (TPSA) is 55.9 Å². The van der Waals surface area contributed by atoms with Crippen LogP contribution in [0.4, 0.5) is 11.4 Å². The lowest BCUT2D eigenvalue weighted by Crippen LogP contribution is -2.48. The Morgan fingerprint density at radius 2 is 1.73 bits per heavy atom. The van der Waals surface area contributed by atoms with Gasteiger partial charge in [0.05, 0.1) is 5.92 Å². The van der Waals surface area contributed by atoms with Gasteiger partial charge in [-0.2, -0.15) is 0 Å². The van der Waals surface area contributed by atoms with Gasteiger partial charge >= 0.3 is 0 Å². The number of hydrogen-bond donors (Lipinski definition) is 1. The van der Waals surface area contributed by atoms with Crippen LogP contribution < -0.4 is 15.1 Å². The maximum absolute atomic E-state index is 12.8. The first kappa shape index (κ1) is 23.3. The van der Waals surface area contributed by atoms with E-state index in [-0.39, 0.29) is 30.2 Å². The molecule has 4 rings (SSSR count). The van der Waals surface area contributed by atoms with E-state index in [1.165, 1.54) is 11.3 Å². The third-order valence-electron chi connectivity index (χ3n) is 6.85. The van der Waals surface area contributed by atoms with Crippen molar-refractivity contribution in [3.8, 4) is 0 Å². The number of hydrogen-bond acceptors (Lipinski definition) is 4. The minimum absolute atomic E-state index is 0.00488. The molecule has 0 radical (unpaired) electrons. The van der Waals surface area contributed by atoms with Crippen molar-refractivity contribution in [2.24, 2.45) is 5.92 Å². The van der Waals surface area contributed by atoms with E-state index < -0.39 is 0 Å². The molecule has 2 heterocycles. The number of anilines is 2. The number of rotatable bonds is 7. The molecule has 0 saturated carbocycles. The molecule has 6 heteroatoms. The zero-order valence-electron chi connectivity index (χ0n) is 20.1. The summed E-state index contributed by atoms with van der Waals surface area (Å²) in [5, 5.41) is 3.15. The van der Waals surface area contributed by atoms with E-state index in [9.17, 15) is 9.59 Å². The SMILES string of the molecule is Cc1ccc(N2CC(C(=O)NC(C)CCN3CCN(c4cccc(C)c4)CC3)CC2=O)cc1. The Labute approximate surface area is 197 Å². The molecule has 2 unspecified atom stereocenters. The van der Waals surface area contributed by atoms with E-state index >= 15 is 0 Å². The molecule has 2 aromatic carbocycles. The highest BCUT2D eigenvalue weighted by molar-refractivity contribution is 6.00. The summed E-state index contributed by atoms with van der Waals surface area (Å²) in [5.41, 5.74) is 4.63. The molecule has 2 atom stereocenters. The first-order valence-electron chi connectivity index (χ1n) is 12.1. The molecule has 33 heavy (non-hydrogen) atoms. The van der Waals surface area contributed by atoms with Gasteiger partial charge in [0.1, 0.15) is 0 Å². The Kier molecular flexibility index (Phi) is 7.33. The Hall–Kier alpha value is -2.86. The largest absolute Gasteiger partial charge is 0.369 e. The Morgan fingerprint density at radius 3 is 2.42 bits per heavy atom. The summed E-state index contributed by atoms with van der Waals surface area (Å²) in [6.45, 7) is 11.8. The fourth-order valence-electron chi connectivity index (χ4n) is 4.72. The molecule has 176 valence electrons. The molecule has 2 saturated heterocycles. The molecular formula is C27H36N4O2. The van der Waals surface area contributed by atoms with Crippen molar-refractivity contribution in [2.75, 3.05) is 49.1 Å². The highest BCUT2D eigenvalue weighted by Crippen LogP contribution is 2.25. The van der Waals surface area contributed by atoms with Gasteiger partial charge in [0, 0.05) is 63.1 Å². The lowest BCUT2D eigenvalue weighted by Gasteiger charge is -2.36. The summed E-state index contributed by atoms with van der Waals surface area (Å²) in [5.74, 6) is -0.257. The van der Waals surface area contributed by atoms with E-state index in [0.717, 1.165) is 50.4 Å². The number of nitrogens with zero attached hydrogens (tertiary/aromatic N) is 3. The molecular weight excluding hydrogens is 412 g/mol. The number of nitrogens with one attached hydrogen (secondary N) is 1. The lowest BCUT2D eigenvalue weighted by atomic mass is 10.1. The first-order valence-corrected chi connectivity index (χ1v) is 12.1. The minimum atomic E-state index is -0.279. The summed E-state index contributed by atoms with van der Waals surface area (Å²) >= 11 is 0. The summed E-state index contributed by atoms with van der Waals surface area (Å²) < 4.78 is 0. The number of benzene rings is 2. The van der Waals surface area contributed by atoms with Gasteiger partial charge in [0.25, 0.3) is 0 Å².